The van der Waals surface area contributed by atoms with E-state index in [0.717, 1.165) is 51.3 Å². The molecule has 0 amide bonds. The first-order valence-corrected chi connectivity index (χ1v) is 8.44. The maximum atomic E-state index is 6.06. The van der Waals surface area contributed by atoms with Gasteiger partial charge < -0.3 is 14.4 Å². The smallest absolute Gasteiger partial charge is 0.245 e. The Morgan fingerprint density at radius 3 is 2.55 bits per heavy atom. The molecule has 0 aliphatic carbocycles. The van der Waals surface area contributed by atoms with Crippen LogP contribution in [-0.2, 0) is 16.0 Å². The van der Waals surface area contributed by atoms with Gasteiger partial charge >= 0.3 is 0 Å². The molecule has 3 heterocycles. The van der Waals surface area contributed by atoms with Crippen molar-refractivity contribution in [2.24, 2.45) is 0 Å². The van der Waals surface area contributed by atoms with Gasteiger partial charge in [-0.05, 0) is 43.0 Å². The molecular formula is C15H27N5O2. The molecule has 3 unspecified atom stereocenters. The second-order valence-electron chi connectivity index (χ2n) is 6.64. The van der Waals surface area contributed by atoms with E-state index in [4.69, 9.17) is 9.47 Å². The standard InChI is InChI=1S/C15H27N5O2/c1-4-12-9-19(10-13(5-2)22-12)14-16-17-18-20(14)11-15(3)7-6-8-21-15/h12-13H,4-11H2,1-3H3. The molecule has 0 spiro atoms. The molecule has 0 radical (unpaired) electrons. The van der Waals surface area contributed by atoms with Gasteiger partial charge in [-0.3, -0.25) is 0 Å². The fraction of sp³-hybridized carbons (Fsp3) is 0.933. The van der Waals surface area contributed by atoms with Crippen LogP contribution in [0.15, 0.2) is 0 Å². The Morgan fingerprint density at radius 2 is 1.95 bits per heavy atom. The molecule has 22 heavy (non-hydrogen) atoms. The maximum Gasteiger partial charge on any atom is 0.245 e. The lowest BCUT2D eigenvalue weighted by Gasteiger charge is -2.38. The van der Waals surface area contributed by atoms with Crippen molar-refractivity contribution in [1.29, 1.82) is 0 Å². The molecule has 1 aromatic rings. The highest BCUT2D eigenvalue weighted by Crippen LogP contribution is 2.28. The number of aromatic nitrogens is 4. The van der Waals surface area contributed by atoms with Crippen molar-refractivity contribution in [3.63, 3.8) is 0 Å². The number of morpholine rings is 1. The van der Waals surface area contributed by atoms with E-state index in [2.05, 4.69) is 41.2 Å². The monoisotopic (exact) mass is 309 g/mol. The summed E-state index contributed by atoms with van der Waals surface area (Å²) in [6.07, 6.45) is 4.70. The van der Waals surface area contributed by atoms with E-state index in [9.17, 15) is 0 Å². The van der Waals surface area contributed by atoms with Gasteiger partial charge in [0.15, 0.2) is 0 Å². The molecule has 2 aliphatic heterocycles. The van der Waals surface area contributed by atoms with Crippen molar-refractivity contribution in [3.05, 3.63) is 0 Å². The zero-order chi connectivity index (χ0) is 15.6. The van der Waals surface area contributed by atoms with E-state index in [1.165, 1.54) is 0 Å². The van der Waals surface area contributed by atoms with Gasteiger partial charge in [0.05, 0.1) is 24.4 Å². The third-order valence-electron chi connectivity index (χ3n) is 4.72. The van der Waals surface area contributed by atoms with Gasteiger partial charge in [0, 0.05) is 19.7 Å². The zero-order valence-corrected chi connectivity index (χ0v) is 13.9. The summed E-state index contributed by atoms with van der Waals surface area (Å²) in [5.74, 6) is 0.844. The first-order valence-electron chi connectivity index (χ1n) is 8.44. The van der Waals surface area contributed by atoms with Gasteiger partial charge in [0.25, 0.3) is 0 Å². The Morgan fingerprint density at radius 1 is 1.23 bits per heavy atom. The van der Waals surface area contributed by atoms with Gasteiger partial charge in [-0.1, -0.05) is 18.9 Å². The fourth-order valence-electron chi connectivity index (χ4n) is 3.35. The largest absolute Gasteiger partial charge is 0.373 e. The van der Waals surface area contributed by atoms with Crippen LogP contribution in [0.3, 0.4) is 0 Å². The van der Waals surface area contributed by atoms with Crippen molar-refractivity contribution in [1.82, 2.24) is 20.2 Å². The molecule has 124 valence electrons. The second-order valence-corrected chi connectivity index (χ2v) is 6.64. The Balaban J connectivity index is 1.75. The molecule has 0 N–H and O–H groups in total. The van der Waals surface area contributed by atoms with E-state index < -0.39 is 0 Å². The van der Waals surface area contributed by atoms with Crippen LogP contribution in [0.2, 0.25) is 0 Å². The molecule has 0 saturated carbocycles. The van der Waals surface area contributed by atoms with E-state index in [0.29, 0.717) is 6.54 Å². The minimum atomic E-state index is -0.148. The molecule has 7 nitrogen and oxygen atoms in total. The Labute approximate surface area is 131 Å². The highest BCUT2D eigenvalue weighted by atomic mass is 16.5. The number of ether oxygens (including phenoxy) is 2. The minimum absolute atomic E-state index is 0.148. The topological polar surface area (TPSA) is 65.3 Å². The van der Waals surface area contributed by atoms with Crippen LogP contribution < -0.4 is 4.90 Å². The van der Waals surface area contributed by atoms with Crippen molar-refractivity contribution in [2.75, 3.05) is 24.6 Å². The predicted octanol–water partition coefficient (Wildman–Crippen LogP) is 1.64. The van der Waals surface area contributed by atoms with Crippen LogP contribution in [0, 0.1) is 0 Å². The average Bonchev–Trinajstić information content (AvgIpc) is 3.16. The maximum absolute atomic E-state index is 6.06. The van der Waals surface area contributed by atoms with Gasteiger partial charge in [0.1, 0.15) is 0 Å². The second kappa shape index (κ2) is 6.50. The predicted molar refractivity (Wildman–Crippen MR) is 82.9 cm³/mol. The van der Waals surface area contributed by atoms with Crippen molar-refractivity contribution in [2.45, 2.75) is 70.8 Å². The van der Waals surface area contributed by atoms with Crippen LogP contribution in [-0.4, -0.2) is 57.7 Å². The van der Waals surface area contributed by atoms with Gasteiger partial charge in [-0.2, -0.15) is 0 Å². The summed E-state index contributed by atoms with van der Waals surface area (Å²) < 4.78 is 13.8. The molecule has 1 aromatic heterocycles. The summed E-state index contributed by atoms with van der Waals surface area (Å²) in [4.78, 5) is 2.27. The van der Waals surface area contributed by atoms with Gasteiger partial charge in [-0.25, -0.2) is 4.68 Å². The summed E-state index contributed by atoms with van der Waals surface area (Å²) in [6, 6.07) is 0. The third kappa shape index (κ3) is 3.25. The SMILES string of the molecule is CCC1CN(c2nnnn2CC2(C)CCCO2)CC(CC)O1. The number of nitrogens with zero attached hydrogens (tertiary/aromatic N) is 5. The highest BCUT2D eigenvalue weighted by Gasteiger charge is 2.34. The summed E-state index contributed by atoms with van der Waals surface area (Å²) in [7, 11) is 0. The van der Waals surface area contributed by atoms with E-state index in [1.54, 1.807) is 0 Å². The number of tetrazole rings is 1. The number of rotatable bonds is 5. The Hall–Kier alpha value is -1.21. The first kappa shape index (κ1) is 15.7. The number of hydrogen-bond donors (Lipinski definition) is 0. The molecular weight excluding hydrogens is 282 g/mol. The van der Waals surface area contributed by atoms with Crippen molar-refractivity contribution < 1.29 is 9.47 Å². The van der Waals surface area contributed by atoms with E-state index >= 15 is 0 Å². The zero-order valence-electron chi connectivity index (χ0n) is 13.9. The minimum Gasteiger partial charge on any atom is -0.373 e. The third-order valence-corrected chi connectivity index (χ3v) is 4.72. The summed E-state index contributed by atoms with van der Waals surface area (Å²) in [5, 5.41) is 12.4. The summed E-state index contributed by atoms with van der Waals surface area (Å²) in [5.41, 5.74) is -0.148. The molecule has 3 rings (SSSR count). The van der Waals surface area contributed by atoms with Crippen LogP contribution >= 0.6 is 0 Å². The van der Waals surface area contributed by atoms with E-state index in [1.807, 2.05) is 4.68 Å². The number of hydrogen-bond acceptors (Lipinski definition) is 6. The van der Waals surface area contributed by atoms with Crippen LogP contribution in [0.1, 0.15) is 46.5 Å². The quantitative estimate of drug-likeness (QED) is 0.824. The summed E-state index contributed by atoms with van der Waals surface area (Å²) >= 11 is 0. The van der Waals surface area contributed by atoms with Crippen molar-refractivity contribution in [3.8, 4) is 0 Å². The lowest BCUT2D eigenvalue weighted by atomic mass is 10.0. The normalized spacial score (nSPS) is 32.6. The van der Waals surface area contributed by atoms with E-state index in [-0.39, 0.29) is 17.8 Å². The first-order chi connectivity index (χ1) is 10.6. The molecule has 0 aromatic carbocycles. The lowest BCUT2D eigenvalue weighted by molar-refractivity contribution is -0.0297. The Bertz CT molecular complexity index is 474. The highest BCUT2D eigenvalue weighted by molar-refractivity contribution is 5.30. The molecule has 3 atom stereocenters. The molecule has 2 aliphatic rings. The lowest BCUT2D eigenvalue weighted by Crippen LogP contribution is -2.48. The van der Waals surface area contributed by atoms with Crippen molar-refractivity contribution >= 4 is 5.95 Å². The Kier molecular flexibility index (Phi) is 4.63. The molecule has 2 saturated heterocycles. The molecule has 2 fully saturated rings. The molecule has 0 bridgehead atoms. The number of anilines is 1. The van der Waals surface area contributed by atoms with Gasteiger partial charge in [-0.15, -0.1) is 0 Å². The average molecular weight is 309 g/mol. The summed E-state index contributed by atoms with van der Waals surface area (Å²) in [6.45, 7) is 9.72. The van der Waals surface area contributed by atoms with Crippen LogP contribution in [0.25, 0.3) is 0 Å². The molecule has 7 heteroatoms. The fourth-order valence-corrected chi connectivity index (χ4v) is 3.35. The van der Waals surface area contributed by atoms with Crippen LogP contribution in [0.4, 0.5) is 5.95 Å². The van der Waals surface area contributed by atoms with Gasteiger partial charge in [0.2, 0.25) is 5.95 Å². The van der Waals surface area contributed by atoms with Crippen LogP contribution in [0.5, 0.6) is 0 Å².